The van der Waals surface area contributed by atoms with Crippen LogP contribution in [0.5, 0.6) is 0 Å². The van der Waals surface area contributed by atoms with Crippen LogP contribution in [0.3, 0.4) is 0 Å². The van der Waals surface area contributed by atoms with Crippen LogP contribution in [-0.2, 0) is 4.74 Å². The van der Waals surface area contributed by atoms with Crippen molar-refractivity contribution in [2.75, 3.05) is 19.7 Å². The van der Waals surface area contributed by atoms with Crippen molar-refractivity contribution in [2.24, 2.45) is 5.73 Å². The lowest BCUT2D eigenvalue weighted by Gasteiger charge is -2.40. The van der Waals surface area contributed by atoms with E-state index in [1.807, 2.05) is 12.1 Å². The van der Waals surface area contributed by atoms with Gasteiger partial charge in [0.2, 0.25) is 0 Å². The van der Waals surface area contributed by atoms with Crippen molar-refractivity contribution in [2.45, 2.75) is 44.9 Å². The molecular formula is C16H25FN2O. The number of ether oxygens (including phenoxy) is 1. The highest BCUT2D eigenvalue weighted by atomic mass is 19.1. The third-order valence-corrected chi connectivity index (χ3v) is 4.12. The summed E-state index contributed by atoms with van der Waals surface area (Å²) in [5.74, 6) is -0.166. The molecule has 3 nitrogen and oxygen atoms in total. The van der Waals surface area contributed by atoms with Crippen molar-refractivity contribution in [1.82, 2.24) is 4.90 Å². The molecule has 112 valence electrons. The number of halogens is 1. The summed E-state index contributed by atoms with van der Waals surface area (Å²) in [6.45, 7) is 6.49. The molecule has 1 fully saturated rings. The molecule has 0 radical (unpaired) electrons. The zero-order valence-electron chi connectivity index (χ0n) is 12.4. The van der Waals surface area contributed by atoms with Gasteiger partial charge in [0, 0.05) is 24.7 Å². The van der Waals surface area contributed by atoms with Gasteiger partial charge < -0.3 is 10.5 Å². The second-order valence-electron chi connectivity index (χ2n) is 5.43. The molecule has 1 aliphatic rings. The second kappa shape index (κ2) is 7.16. The number of rotatable bonds is 5. The molecule has 0 spiro atoms. The Kier molecular flexibility index (Phi) is 5.52. The number of hydrogen-bond acceptors (Lipinski definition) is 3. The number of hydrogen-bond donors (Lipinski definition) is 1. The number of morpholine rings is 1. The molecule has 3 unspecified atom stereocenters. The van der Waals surface area contributed by atoms with E-state index < -0.39 is 0 Å². The summed E-state index contributed by atoms with van der Waals surface area (Å²) >= 11 is 0. The van der Waals surface area contributed by atoms with Gasteiger partial charge in [0.05, 0.1) is 18.8 Å². The molecule has 3 atom stereocenters. The predicted molar refractivity (Wildman–Crippen MR) is 79.0 cm³/mol. The molecule has 0 aromatic heterocycles. The fraction of sp³-hybridized carbons (Fsp3) is 0.625. The molecule has 1 aromatic carbocycles. The van der Waals surface area contributed by atoms with E-state index in [-0.39, 0.29) is 24.0 Å². The molecule has 1 aliphatic heterocycles. The van der Waals surface area contributed by atoms with Crippen molar-refractivity contribution in [3.8, 4) is 0 Å². The second-order valence-corrected chi connectivity index (χ2v) is 5.43. The Balaban J connectivity index is 2.26. The minimum atomic E-state index is -0.166. The molecule has 20 heavy (non-hydrogen) atoms. The average Bonchev–Trinajstić information content (AvgIpc) is 2.49. The van der Waals surface area contributed by atoms with Gasteiger partial charge >= 0.3 is 0 Å². The Morgan fingerprint density at radius 2 is 2.15 bits per heavy atom. The minimum absolute atomic E-state index is 0.0671. The zero-order chi connectivity index (χ0) is 14.5. The fourth-order valence-electron chi connectivity index (χ4n) is 2.88. The van der Waals surface area contributed by atoms with Gasteiger partial charge in [0.25, 0.3) is 0 Å². The molecular weight excluding hydrogens is 255 g/mol. The van der Waals surface area contributed by atoms with Gasteiger partial charge in [-0.1, -0.05) is 32.0 Å². The van der Waals surface area contributed by atoms with Crippen molar-refractivity contribution in [3.63, 3.8) is 0 Å². The van der Waals surface area contributed by atoms with E-state index in [2.05, 4.69) is 18.7 Å². The van der Waals surface area contributed by atoms with E-state index in [0.29, 0.717) is 12.2 Å². The molecule has 1 saturated heterocycles. The summed E-state index contributed by atoms with van der Waals surface area (Å²) in [7, 11) is 0. The Bertz CT molecular complexity index is 427. The van der Waals surface area contributed by atoms with Crippen molar-refractivity contribution >= 4 is 0 Å². The topological polar surface area (TPSA) is 38.5 Å². The third-order valence-electron chi connectivity index (χ3n) is 4.12. The summed E-state index contributed by atoms with van der Waals surface area (Å²) in [6, 6.07) is 6.84. The molecule has 4 heteroatoms. The molecule has 1 heterocycles. The van der Waals surface area contributed by atoms with E-state index in [9.17, 15) is 4.39 Å². The first-order valence-corrected chi connectivity index (χ1v) is 7.53. The number of nitrogens with zero attached hydrogens (tertiary/aromatic N) is 1. The summed E-state index contributed by atoms with van der Waals surface area (Å²) in [6.07, 6.45) is 2.02. The lowest BCUT2D eigenvalue weighted by Crippen LogP contribution is -2.49. The molecule has 0 bridgehead atoms. The molecule has 0 amide bonds. The molecule has 2 rings (SSSR count). The Labute approximate surface area is 120 Å². The number of benzene rings is 1. The maximum Gasteiger partial charge on any atom is 0.128 e. The van der Waals surface area contributed by atoms with Gasteiger partial charge in [-0.15, -0.1) is 0 Å². The SMILES string of the molecule is CCC1CN(C(c2ccccc2F)C(N)CC)CCO1. The third kappa shape index (κ3) is 3.37. The number of nitrogens with two attached hydrogens (primary N) is 1. The zero-order valence-corrected chi connectivity index (χ0v) is 12.4. The van der Waals surface area contributed by atoms with Gasteiger partial charge in [-0.2, -0.15) is 0 Å². The first kappa shape index (κ1) is 15.4. The highest BCUT2D eigenvalue weighted by molar-refractivity contribution is 5.23. The Hall–Kier alpha value is -0.970. The summed E-state index contributed by atoms with van der Waals surface area (Å²) in [5, 5.41) is 0. The first-order chi connectivity index (χ1) is 9.67. The van der Waals surface area contributed by atoms with Crippen LogP contribution in [0.15, 0.2) is 24.3 Å². The van der Waals surface area contributed by atoms with Crippen molar-refractivity contribution in [3.05, 3.63) is 35.6 Å². The van der Waals surface area contributed by atoms with E-state index >= 15 is 0 Å². The maximum absolute atomic E-state index is 14.2. The first-order valence-electron chi connectivity index (χ1n) is 7.53. The van der Waals surface area contributed by atoms with Crippen molar-refractivity contribution in [1.29, 1.82) is 0 Å². The molecule has 2 N–H and O–H groups in total. The summed E-state index contributed by atoms with van der Waals surface area (Å²) in [4.78, 5) is 2.28. The van der Waals surface area contributed by atoms with Gasteiger partial charge in [0.15, 0.2) is 0 Å². The van der Waals surface area contributed by atoms with E-state index in [0.717, 1.165) is 25.9 Å². The molecule has 1 aromatic rings. The van der Waals surface area contributed by atoms with E-state index in [4.69, 9.17) is 10.5 Å². The Morgan fingerprint density at radius 1 is 1.40 bits per heavy atom. The quantitative estimate of drug-likeness (QED) is 0.901. The van der Waals surface area contributed by atoms with E-state index in [1.54, 1.807) is 6.07 Å². The smallest absolute Gasteiger partial charge is 0.128 e. The predicted octanol–water partition coefficient (Wildman–Crippen LogP) is 2.71. The van der Waals surface area contributed by atoms with Crippen LogP contribution in [0.1, 0.15) is 38.3 Å². The lowest BCUT2D eigenvalue weighted by molar-refractivity contribution is -0.0491. The molecule has 0 aliphatic carbocycles. The summed E-state index contributed by atoms with van der Waals surface area (Å²) < 4.78 is 19.9. The van der Waals surface area contributed by atoms with Crippen LogP contribution < -0.4 is 5.73 Å². The van der Waals surface area contributed by atoms with Gasteiger partial charge in [-0.3, -0.25) is 4.90 Å². The summed E-state index contributed by atoms with van der Waals surface area (Å²) in [5.41, 5.74) is 6.99. The van der Waals surface area contributed by atoms with Crippen LogP contribution >= 0.6 is 0 Å². The van der Waals surface area contributed by atoms with Crippen LogP contribution in [0.25, 0.3) is 0 Å². The fourth-order valence-corrected chi connectivity index (χ4v) is 2.88. The maximum atomic E-state index is 14.2. The highest BCUT2D eigenvalue weighted by Gasteiger charge is 2.31. The average molecular weight is 280 g/mol. The highest BCUT2D eigenvalue weighted by Crippen LogP contribution is 2.29. The van der Waals surface area contributed by atoms with E-state index in [1.165, 1.54) is 6.07 Å². The standard InChI is InChI=1S/C16H25FN2O/c1-3-12-11-19(9-10-20-12)16(15(18)4-2)13-7-5-6-8-14(13)17/h5-8,12,15-16H,3-4,9-11,18H2,1-2H3. The normalized spacial score (nSPS) is 23.5. The van der Waals surface area contributed by atoms with Crippen LogP contribution in [0.2, 0.25) is 0 Å². The lowest BCUT2D eigenvalue weighted by atomic mass is 9.95. The van der Waals surface area contributed by atoms with Gasteiger partial charge in [0.1, 0.15) is 5.82 Å². The Morgan fingerprint density at radius 3 is 2.80 bits per heavy atom. The van der Waals surface area contributed by atoms with Gasteiger partial charge in [-0.25, -0.2) is 4.39 Å². The molecule has 0 saturated carbocycles. The van der Waals surface area contributed by atoms with Crippen LogP contribution in [-0.4, -0.2) is 36.7 Å². The van der Waals surface area contributed by atoms with Crippen molar-refractivity contribution < 1.29 is 9.13 Å². The largest absolute Gasteiger partial charge is 0.376 e. The monoisotopic (exact) mass is 280 g/mol. The van der Waals surface area contributed by atoms with Crippen LogP contribution in [0.4, 0.5) is 4.39 Å². The van der Waals surface area contributed by atoms with Gasteiger partial charge in [-0.05, 0) is 18.9 Å². The van der Waals surface area contributed by atoms with Crippen LogP contribution in [0, 0.1) is 5.82 Å². The minimum Gasteiger partial charge on any atom is -0.376 e.